The minimum Gasteiger partial charge on any atom is -0.329 e. The first kappa shape index (κ1) is 16.2. The Kier molecular flexibility index (Phi) is 5.47. The minimum atomic E-state index is -0.0834. The summed E-state index contributed by atoms with van der Waals surface area (Å²) in [6.07, 6.45) is 5.14. The molecular weight excluding hydrogens is 280 g/mol. The molecule has 0 amide bonds. The predicted octanol–water partition coefficient (Wildman–Crippen LogP) is 3.81. The van der Waals surface area contributed by atoms with Crippen LogP contribution in [0.3, 0.4) is 0 Å². The summed E-state index contributed by atoms with van der Waals surface area (Å²) in [6, 6.07) is 21.6. The molecule has 2 heteroatoms. The lowest BCUT2D eigenvalue weighted by Gasteiger charge is -2.37. The van der Waals surface area contributed by atoms with Crippen molar-refractivity contribution in [2.24, 2.45) is 5.73 Å². The molecule has 2 aromatic carbocycles. The van der Waals surface area contributed by atoms with Crippen molar-refractivity contribution < 1.29 is 0 Å². The predicted molar refractivity (Wildman–Crippen MR) is 97.6 cm³/mol. The molecule has 0 atom stereocenters. The van der Waals surface area contributed by atoms with Crippen LogP contribution in [0.15, 0.2) is 60.7 Å². The molecule has 1 aliphatic rings. The average Bonchev–Trinajstić information content (AvgIpc) is 2.65. The molecule has 122 valence electrons. The lowest BCUT2D eigenvalue weighted by Crippen LogP contribution is -2.41. The SMILES string of the molecule is NCC(CCN1CCCCC1)(c1ccccc1)c1ccccc1. The average molecular weight is 308 g/mol. The number of piperidine rings is 1. The van der Waals surface area contributed by atoms with Crippen LogP contribution in [0.2, 0.25) is 0 Å². The Morgan fingerprint density at radius 2 is 1.30 bits per heavy atom. The van der Waals surface area contributed by atoms with E-state index in [0.717, 1.165) is 13.0 Å². The van der Waals surface area contributed by atoms with Crippen LogP contribution in [0, 0.1) is 0 Å². The highest BCUT2D eigenvalue weighted by atomic mass is 15.1. The third-order valence-corrected chi connectivity index (χ3v) is 5.30. The maximum absolute atomic E-state index is 6.37. The first-order valence-corrected chi connectivity index (χ1v) is 8.89. The number of rotatable bonds is 6. The molecule has 1 fully saturated rings. The van der Waals surface area contributed by atoms with E-state index in [4.69, 9.17) is 5.73 Å². The molecule has 23 heavy (non-hydrogen) atoms. The van der Waals surface area contributed by atoms with E-state index in [-0.39, 0.29) is 5.41 Å². The normalized spacial score (nSPS) is 16.4. The lowest BCUT2D eigenvalue weighted by atomic mass is 9.72. The third kappa shape index (κ3) is 3.65. The van der Waals surface area contributed by atoms with Gasteiger partial charge in [0.2, 0.25) is 0 Å². The van der Waals surface area contributed by atoms with Gasteiger partial charge in [-0.15, -0.1) is 0 Å². The molecule has 2 N–H and O–H groups in total. The van der Waals surface area contributed by atoms with Gasteiger partial charge < -0.3 is 10.6 Å². The largest absolute Gasteiger partial charge is 0.329 e. The van der Waals surface area contributed by atoms with Crippen LogP contribution in [0.5, 0.6) is 0 Å². The van der Waals surface area contributed by atoms with Crippen molar-refractivity contribution >= 4 is 0 Å². The Morgan fingerprint density at radius 3 is 1.78 bits per heavy atom. The first-order chi connectivity index (χ1) is 11.3. The van der Waals surface area contributed by atoms with Gasteiger partial charge in [0.15, 0.2) is 0 Å². The molecule has 0 spiro atoms. The van der Waals surface area contributed by atoms with Crippen molar-refractivity contribution in [3.63, 3.8) is 0 Å². The number of hydrogen-bond donors (Lipinski definition) is 1. The maximum atomic E-state index is 6.37. The molecule has 0 bridgehead atoms. The van der Waals surface area contributed by atoms with E-state index in [1.54, 1.807) is 0 Å². The third-order valence-electron chi connectivity index (χ3n) is 5.30. The van der Waals surface area contributed by atoms with Crippen LogP contribution >= 0.6 is 0 Å². The van der Waals surface area contributed by atoms with Crippen LogP contribution in [0.1, 0.15) is 36.8 Å². The molecule has 0 aromatic heterocycles. The molecule has 2 aromatic rings. The van der Waals surface area contributed by atoms with Gasteiger partial charge in [-0.2, -0.15) is 0 Å². The summed E-state index contributed by atoms with van der Waals surface area (Å²) in [5.74, 6) is 0. The van der Waals surface area contributed by atoms with Crippen molar-refractivity contribution in [1.29, 1.82) is 0 Å². The van der Waals surface area contributed by atoms with Gasteiger partial charge in [0.1, 0.15) is 0 Å². The Labute approximate surface area is 140 Å². The highest BCUT2D eigenvalue weighted by Gasteiger charge is 2.33. The summed E-state index contributed by atoms with van der Waals surface area (Å²) in [6.45, 7) is 4.25. The van der Waals surface area contributed by atoms with E-state index in [0.29, 0.717) is 6.54 Å². The number of nitrogens with two attached hydrogens (primary N) is 1. The Hall–Kier alpha value is -1.64. The van der Waals surface area contributed by atoms with E-state index in [2.05, 4.69) is 65.6 Å². The molecule has 0 unspecified atom stereocenters. The zero-order valence-electron chi connectivity index (χ0n) is 14.0. The van der Waals surface area contributed by atoms with Gasteiger partial charge in [-0.25, -0.2) is 0 Å². The second kappa shape index (κ2) is 7.76. The zero-order valence-corrected chi connectivity index (χ0v) is 14.0. The van der Waals surface area contributed by atoms with Crippen molar-refractivity contribution in [2.75, 3.05) is 26.2 Å². The fourth-order valence-corrected chi connectivity index (χ4v) is 3.84. The van der Waals surface area contributed by atoms with Crippen molar-refractivity contribution in [2.45, 2.75) is 31.1 Å². The summed E-state index contributed by atoms with van der Waals surface area (Å²) in [7, 11) is 0. The molecule has 0 aliphatic carbocycles. The Bertz CT molecular complexity index is 534. The minimum absolute atomic E-state index is 0.0834. The standard InChI is InChI=1S/C21H28N2/c22-18-21(19-10-4-1-5-11-19,20-12-6-2-7-13-20)14-17-23-15-8-3-9-16-23/h1-2,4-7,10-13H,3,8-9,14-18,22H2. The smallest absolute Gasteiger partial charge is 0.0337 e. The van der Waals surface area contributed by atoms with Gasteiger partial charge >= 0.3 is 0 Å². The van der Waals surface area contributed by atoms with Crippen LogP contribution in [-0.2, 0) is 5.41 Å². The Balaban J connectivity index is 1.89. The van der Waals surface area contributed by atoms with Gasteiger partial charge in [0, 0.05) is 12.0 Å². The van der Waals surface area contributed by atoms with Crippen molar-refractivity contribution in [3.05, 3.63) is 71.8 Å². The number of benzene rings is 2. The van der Waals surface area contributed by atoms with Crippen LogP contribution < -0.4 is 5.73 Å². The van der Waals surface area contributed by atoms with E-state index in [1.807, 2.05) is 0 Å². The van der Waals surface area contributed by atoms with Crippen LogP contribution in [0.4, 0.5) is 0 Å². The van der Waals surface area contributed by atoms with Gasteiger partial charge in [0.25, 0.3) is 0 Å². The van der Waals surface area contributed by atoms with E-state index in [1.165, 1.54) is 43.5 Å². The molecule has 1 saturated heterocycles. The highest BCUT2D eigenvalue weighted by molar-refractivity contribution is 5.40. The summed E-state index contributed by atoms with van der Waals surface area (Å²) < 4.78 is 0. The fraction of sp³-hybridized carbons (Fsp3) is 0.429. The Morgan fingerprint density at radius 1 is 0.783 bits per heavy atom. The summed E-state index contributed by atoms with van der Waals surface area (Å²) in [5.41, 5.74) is 8.96. The summed E-state index contributed by atoms with van der Waals surface area (Å²) in [5, 5.41) is 0. The quantitative estimate of drug-likeness (QED) is 0.879. The molecule has 0 saturated carbocycles. The molecule has 1 aliphatic heterocycles. The van der Waals surface area contributed by atoms with E-state index in [9.17, 15) is 0 Å². The lowest BCUT2D eigenvalue weighted by molar-refractivity contribution is 0.211. The zero-order chi connectivity index (χ0) is 16.0. The maximum Gasteiger partial charge on any atom is 0.0337 e. The van der Waals surface area contributed by atoms with E-state index >= 15 is 0 Å². The van der Waals surface area contributed by atoms with Crippen LogP contribution in [-0.4, -0.2) is 31.1 Å². The topological polar surface area (TPSA) is 29.3 Å². The highest BCUT2D eigenvalue weighted by Crippen LogP contribution is 2.35. The molecule has 2 nitrogen and oxygen atoms in total. The monoisotopic (exact) mass is 308 g/mol. The molecule has 3 rings (SSSR count). The second-order valence-electron chi connectivity index (χ2n) is 6.67. The second-order valence-corrected chi connectivity index (χ2v) is 6.67. The van der Waals surface area contributed by atoms with Gasteiger partial charge in [0.05, 0.1) is 0 Å². The fourth-order valence-electron chi connectivity index (χ4n) is 3.84. The van der Waals surface area contributed by atoms with Crippen molar-refractivity contribution in [3.8, 4) is 0 Å². The van der Waals surface area contributed by atoms with Gasteiger partial charge in [-0.3, -0.25) is 0 Å². The number of likely N-dealkylation sites (tertiary alicyclic amines) is 1. The van der Waals surface area contributed by atoms with E-state index < -0.39 is 0 Å². The summed E-state index contributed by atoms with van der Waals surface area (Å²) >= 11 is 0. The molecule has 0 radical (unpaired) electrons. The summed E-state index contributed by atoms with van der Waals surface area (Å²) in [4.78, 5) is 2.61. The molecular formula is C21H28N2. The van der Waals surface area contributed by atoms with Crippen molar-refractivity contribution in [1.82, 2.24) is 4.90 Å². The van der Waals surface area contributed by atoms with Gasteiger partial charge in [-0.05, 0) is 50.0 Å². The number of hydrogen-bond acceptors (Lipinski definition) is 2. The van der Waals surface area contributed by atoms with Gasteiger partial charge in [-0.1, -0.05) is 67.1 Å². The first-order valence-electron chi connectivity index (χ1n) is 8.89. The van der Waals surface area contributed by atoms with Crippen LogP contribution in [0.25, 0.3) is 0 Å². The molecule has 1 heterocycles. The number of nitrogens with zero attached hydrogens (tertiary/aromatic N) is 1.